The van der Waals surface area contributed by atoms with Gasteiger partial charge in [-0.2, -0.15) is 0 Å². The third kappa shape index (κ3) is 2.74. The normalized spacial score (nSPS) is 24.6. The lowest BCUT2D eigenvalue weighted by atomic mass is 9.74. The maximum Gasteiger partial charge on any atom is 0.166 e. The molecule has 1 aromatic rings. The third-order valence-corrected chi connectivity index (χ3v) is 3.88. The summed E-state index contributed by atoms with van der Waals surface area (Å²) in [4.78, 5) is 12.4. The van der Waals surface area contributed by atoms with E-state index in [0.29, 0.717) is 11.5 Å². The van der Waals surface area contributed by atoms with Crippen molar-refractivity contribution in [1.82, 2.24) is 0 Å². The van der Waals surface area contributed by atoms with Crippen molar-refractivity contribution in [3.63, 3.8) is 0 Å². The number of benzene rings is 1. The molecule has 0 bridgehead atoms. The molecule has 0 amide bonds. The van der Waals surface area contributed by atoms with E-state index in [4.69, 9.17) is 0 Å². The predicted molar refractivity (Wildman–Crippen MR) is 66.5 cm³/mol. The van der Waals surface area contributed by atoms with E-state index in [9.17, 15) is 9.18 Å². The molecule has 0 radical (unpaired) electrons. The fourth-order valence-electron chi connectivity index (χ4n) is 2.90. The van der Waals surface area contributed by atoms with E-state index in [1.165, 1.54) is 18.6 Å². The Labute approximate surface area is 102 Å². The summed E-state index contributed by atoms with van der Waals surface area (Å²) in [6, 6.07) is 6.09. The highest BCUT2D eigenvalue weighted by Gasteiger charge is 2.30. The van der Waals surface area contributed by atoms with E-state index in [2.05, 4.69) is 6.92 Å². The molecule has 2 rings (SSSR count). The second-order valence-electron chi connectivity index (χ2n) is 4.93. The van der Waals surface area contributed by atoms with Crippen LogP contribution in [-0.2, 0) is 0 Å². The molecule has 1 aromatic carbocycles. The molecule has 1 fully saturated rings. The van der Waals surface area contributed by atoms with Gasteiger partial charge in [-0.25, -0.2) is 4.39 Å². The van der Waals surface area contributed by atoms with Crippen molar-refractivity contribution in [3.05, 3.63) is 35.6 Å². The third-order valence-electron chi connectivity index (χ3n) is 3.88. The molecule has 0 N–H and O–H groups in total. The number of carbonyl (C=O) groups excluding carboxylic acids is 1. The Morgan fingerprint density at radius 2 is 2.12 bits per heavy atom. The number of hydrogen-bond donors (Lipinski definition) is 0. The number of Topliss-reactive ketones (excluding diaryl/α,β-unsaturated/α-hetero) is 1. The number of ketones is 1. The Balaban J connectivity index is 2.18. The minimum Gasteiger partial charge on any atom is -0.294 e. The molecule has 0 aliphatic heterocycles. The molecular formula is C15H19FO. The second kappa shape index (κ2) is 5.44. The lowest BCUT2D eigenvalue weighted by molar-refractivity contribution is 0.0820. The van der Waals surface area contributed by atoms with Crippen molar-refractivity contribution in [1.29, 1.82) is 0 Å². The van der Waals surface area contributed by atoms with Crippen LogP contribution in [0.4, 0.5) is 4.39 Å². The summed E-state index contributed by atoms with van der Waals surface area (Å²) in [6.07, 6.45) is 5.51. The molecule has 92 valence electrons. The first kappa shape index (κ1) is 12.3. The first-order chi connectivity index (χ1) is 8.22. The van der Waals surface area contributed by atoms with E-state index >= 15 is 0 Å². The molecule has 0 aromatic heterocycles. The van der Waals surface area contributed by atoms with Crippen LogP contribution in [0.2, 0.25) is 0 Å². The Hall–Kier alpha value is -1.18. The second-order valence-corrected chi connectivity index (χ2v) is 4.93. The lowest BCUT2D eigenvalue weighted by Crippen LogP contribution is -2.27. The van der Waals surface area contributed by atoms with Gasteiger partial charge in [0, 0.05) is 11.5 Å². The van der Waals surface area contributed by atoms with Gasteiger partial charge < -0.3 is 0 Å². The van der Waals surface area contributed by atoms with Gasteiger partial charge in [-0.15, -0.1) is 0 Å². The topological polar surface area (TPSA) is 17.1 Å². The first-order valence-corrected chi connectivity index (χ1v) is 6.52. The monoisotopic (exact) mass is 234 g/mol. The molecular weight excluding hydrogens is 215 g/mol. The summed E-state index contributed by atoms with van der Waals surface area (Å²) in [6.45, 7) is 2.14. The Kier molecular flexibility index (Phi) is 3.93. The van der Waals surface area contributed by atoms with E-state index in [1.54, 1.807) is 12.1 Å². The van der Waals surface area contributed by atoms with Crippen molar-refractivity contribution >= 4 is 5.78 Å². The number of hydrogen-bond acceptors (Lipinski definition) is 1. The average Bonchev–Trinajstić information content (AvgIpc) is 2.38. The standard InChI is InChI=1S/C15H19FO/c1-2-11-6-3-4-9-14(11)15(17)12-7-5-8-13(16)10-12/h5,7-8,10-11,14H,2-4,6,9H2,1H3. The minimum atomic E-state index is -0.320. The maximum absolute atomic E-state index is 13.1. The van der Waals surface area contributed by atoms with Crippen molar-refractivity contribution in [3.8, 4) is 0 Å². The fourth-order valence-corrected chi connectivity index (χ4v) is 2.90. The van der Waals surface area contributed by atoms with Crippen LogP contribution in [0.15, 0.2) is 24.3 Å². The van der Waals surface area contributed by atoms with Crippen LogP contribution in [0, 0.1) is 17.7 Å². The molecule has 0 spiro atoms. The molecule has 1 saturated carbocycles. The molecule has 1 nitrogen and oxygen atoms in total. The Morgan fingerprint density at radius 1 is 1.35 bits per heavy atom. The molecule has 2 unspecified atom stereocenters. The molecule has 2 heteroatoms. The summed E-state index contributed by atoms with van der Waals surface area (Å²) in [5.74, 6) is 0.408. The zero-order chi connectivity index (χ0) is 12.3. The summed E-state index contributed by atoms with van der Waals surface area (Å²) in [7, 11) is 0. The maximum atomic E-state index is 13.1. The van der Waals surface area contributed by atoms with Gasteiger partial charge in [0.05, 0.1) is 0 Å². The lowest BCUT2D eigenvalue weighted by Gasteiger charge is -2.29. The van der Waals surface area contributed by atoms with Gasteiger partial charge in [0.1, 0.15) is 5.82 Å². The molecule has 1 aliphatic rings. The fraction of sp³-hybridized carbons (Fsp3) is 0.533. The van der Waals surface area contributed by atoms with Crippen LogP contribution in [0.1, 0.15) is 49.4 Å². The smallest absolute Gasteiger partial charge is 0.166 e. The van der Waals surface area contributed by atoms with Crippen molar-refractivity contribution in [2.75, 3.05) is 0 Å². The molecule has 1 aliphatic carbocycles. The van der Waals surface area contributed by atoms with Crippen molar-refractivity contribution in [2.45, 2.75) is 39.0 Å². The van der Waals surface area contributed by atoms with Crippen molar-refractivity contribution < 1.29 is 9.18 Å². The first-order valence-electron chi connectivity index (χ1n) is 6.52. The summed E-state index contributed by atoms with van der Waals surface area (Å²) in [5, 5.41) is 0. The molecule has 0 heterocycles. The quantitative estimate of drug-likeness (QED) is 0.715. The molecule has 0 saturated heterocycles. The van der Waals surface area contributed by atoms with Gasteiger partial charge in [0.15, 0.2) is 5.78 Å². The summed E-state index contributed by atoms with van der Waals surface area (Å²) < 4.78 is 13.1. The van der Waals surface area contributed by atoms with Gasteiger partial charge in [-0.05, 0) is 30.9 Å². The van der Waals surface area contributed by atoms with E-state index in [1.807, 2.05) is 0 Å². The van der Waals surface area contributed by atoms with Gasteiger partial charge >= 0.3 is 0 Å². The number of rotatable bonds is 3. The predicted octanol–water partition coefficient (Wildman–Crippen LogP) is 4.22. The summed E-state index contributed by atoms with van der Waals surface area (Å²) in [5.41, 5.74) is 0.537. The van der Waals surface area contributed by atoms with E-state index < -0.39 is 0 Å². The van der Waals surface area contributed by atoms with E-state index in [0.717, 1.165) is 25.7 Å². The van der Waals surface area contributed by atoms with Gasteiger partial charge in [0.25, 0.3) is 0 Å². The van der Waals surface area contributed by atoms with Crippen LogP contribution in [0.25, 0.3) is 0 Å². The van der Waals surface area contributed by atoms with E-state index in [-0.39, 0.29) is 17.5 Å². The van der Waals surface area contributed by atoms with Gasteiger partial charge in [-0.3, -0.25) is 4.79 Å². The molecule has 17 heavy (non-hydrogen) atoms. The zero-order valence-electron chi connectivity index (χ0n) is 10.3. The van der Waals surface area contributed by atoms with Gasteiger partial charge in [-0.1, -0.05) is 38.3 Å². The largest absolute Gasteiger partial charge is 0.294 e. The van der Waals surface area contributed by atoms with Gasteiger partial charge in [0.2, 0.25) is 0 Å². The van der Waals surface area contributed by atoms with Crippen LogP contribution >= 0.6 is 0 Å². The number of halogens is 1. The highest BCUT2D eigenvalue weighted by Crippen LogP contribution is 2.34. The van der Waals surface area contributed by atoms with Crippen LogP contribution < -0.4 is 0 Å². The van der Waals surface area contributed by atoms with Crippen LogP contribution in [-0.4, -0.2) is 5.78 Å². The highest BCUT2D eigenvalue weighted by atomic mass is 19.1. The Bertz CT molecular complexity index is 400. The average molecular weight is 234 g/mol. The van der Waals surface area contributed by atoms with Crippen molar-refractivity contribution in [2.24, 2.45) is 11.8 Å². The minimum absolute atomic E-state index is 0.107. The molecule has 2 atom stereocenters. The number of carbonyl (C=O) groups is 1. The highest BCUT2D eigenvalue weighted by molar-refractivity contribution is 5.98. The van der Waals surface area contributed by atoms with Crippen LogP contribution in [0.3, 0.4) is 0 Å². The zero-order valence-corrected chi connectivity index (χ0v) is 10.3. The Morgan fingerprint density at radius 3 is 2.82 bits per heavy atom. The van der Waals surface area contributed by atoms with Crippen LogP contribution in [0.5, 0.6) is 0 Å². The SMILES string of the molecule is CCC1CCCCC1C(=O)c1cccc(F)c1. The summed E-state index contributed by atoms with van der Waals surface area (Å²) >= 11 is 0.